The number of nitrogens with zero attached hydrogens (tertiary/aromatic N) is 2. The van der Waals surface area contributed by atoms with Crippen LogP contribution in [0.1, 0.15) is 68.5 Å². The number of carboxylic acid groups (broad SMARTS) is 1. The maximum absolute atomic E-state index is 13.2. The van der Waals surface area contributed by atoms with Crippen LogP contribution in [0.25, 0.3) is 11.1 Å². The lowest BCUT2D eigenvalue weighted by atomic mass is 9.82. The molecule has 0 amide bonds. The number of aromatic nitrogens is 1. The smallest absolute Gasteiger partial charge is 0.307 e. The van der Waals surface area contributed by atoms with Gasteiger partial charge in [-0.05, 0) is 79.3 Å². The Morgan fingerprint density at radius 1 is 1.07 bits per heavy atom. The van der Waals surface area contributed by atoms with Crippen LogP contribution in [0.2, 0.25) is 0 Å². The molecule has 1 aromatic heterocycles. The molecule has 1 saturated carbocycles. The Balaban J connectivity index is 1.45. The second-order valence-corrected chi connectivity index (χ2v) is 12.6. The second-order valence-electron chi connectivity index (χ2n) is 12.6. The number of aryl methyl sites for hydroxylation is 1. The highest BCUT2D eigenvalue weighted by Crippen LogP contribution is 2.42. The summed E-state index contributed by atoms with van der Waals surface area (Å²) in [5, 5.41) is 9.87. The molecule has 2 aromatic carbocycles. The number of benzene rings is 2. The summed E-state index contributed by atoms with van der Waals surface area (Å²) in [6.07, 6.45) is 6.38. The SMILES string of the molecule is Cc1nc(COCC2CCC2)c(-c2ccc(OCCc3ccc(F)cc3)cc2)c(N2CCC(C)(C)CC2)c1CC(=O)O. The second kappa shape index (κ2) is 13.2. The van der Waals surface area contributed by atoms with Gasteiger partial charge in [-0.3, -0.25) is 9.78 Å². The molecule has 1 aliphatic heterocycles. The lowest BCUT2D eigenvalue weighted by Gasteiger charge is -2.40. The molecule has 3 aromatic rings. The van der Waals surface area contributed by atoms with Gasteiger partial charge in [-0.25, -0.2) is 4.39 Å². The number of hydrogen-bond donors (Lipinski definition) is 1. The van der Waals surface area contributed by atoms with Gasteiger partial charge in [0.2, 0.25) is 0 Å². The fourth-order valence-corrected chi connectivity index (χ4v) is 5.88. The van der Waals surface area contributed by atoms with Crippen LogP contribution in [0.4, 0.5) is 10.1 Å². The van der Waals surface area contributed by atoms with Crippen molar-refractivity contribution in [2.75, 3.05) is 31.2 Å². The summed E-state index contributed by atoms with van der Waals surface area (Å²) in [6.45, 7) is 9.85. The third kappa shape index (κ3) is 7.49. The van der Waals surface area contributed by atoms with Crippen molar-refractivity contribution in [3.8, 4) is 16.9 Å². The minimum absolute atomic E-state index is 0.0746. The van der Waals surface area contributed by atoms with Crippen molar-refractivity contribution in [3.63, 3.8) is 0 Å². The summed E-state index contributed by atoms with van der Waals surface area (Å²) >= 11 is 0. The zero-order chi connectivity index (χ0) is 29.7. The molecule has 224 valence electrons. The summed E-state index contributed by atoms with van der Waals surface area (Å²) in [4.78, 5) is 19.4. The molecule has 5 rings (SSSR count). The van der Waals surface area contributed by atoms with E-state index in [4.69, 9.17) is 14.5 Å². The highest BCUT2D eigenvalue weighted by atomic mass is 19.1. The number of ether oxygens (including phenoxy) is 2. The normalized spacial score (nSPS) is 16.7. The lowest BCUT2D eigenvalue weighted by molar-refractivity contribution is -0.136. The summed E-state index contributed by atoms with van der Waals surface area (Å²) in [5.41, 5.74) is 6.57. The third-order valence-electron chi connectivity index (χ3n) is 8.84. The van der Waals surface area contributed by atoms with Crippen molar-refractivity contribution in [2.24, 2.45) is 11.3 Å². The maximum Gasteiger partial charge on any atom is 0.307 e. The van der Waals surface area contributed by atoms with E-state index in [1.807, 2.05) is 31.2 Å². The van der Waals surface area contributed by atoms with Gasteiger partial charge in [0.25, 0.3) is 0 Å². The van der Waals surface area contributed by atoms with Crippen LogP contribution in [0, 0.1) is 24.1 Å². The molecule has 7 heteroatoms. The molecular weight excluding hydrogens is 531 g/mol. The summed E-state index contributed by atoms with van der Waals surface area (Å²) < 4.78 is 25.4. The van der Waals surface area contributed by atoms with Crippen LogP contribution < -0.4 is 9.64 Å². The lowest BCUT2D eigenvalue weighted by Crippen LogP contribution is -2.38. The molecule has 42 heavy (non-hydrogen) atoms. The monoisotopic (exact) mass is 574 g/mol. The van der Waals surface area contributed by atoms with Gasteiger partial charge in [0.05, 0.1) is 31.0 Å². The number of aliphatic carboxylic acids is 1. The van der Waals surface area contributed by atoms with Gasteiger partial charge in [0.15, 0.2) is 0 Å². The first kappa shape index (κ1) is 30.0. The fraction of sp³-hybridized carbons (Fsp3) is 0.486. The minimum atomic E-state index is -0.858. The molecule has 0 radical (unpaired) electrons. The molecule has 1 N–H and O–H groups in total. The van der Waals surface area contributed by atoms with Crippen LogP contribution in [0.3, 0.4) is 0 Å². The molecule has 1 saturated heterocycles. The van der Waals surface area contributed by atoms with Crippen molar-refractivity contribution in [2.45, 2.75) is 72.3 Å². The number of carbonyl (C=O) groups is 1. The molecule has 0 spiro atoms. The van der Waals surface area contributed by atoms with Crippen LogP contribution >= 0.6 is 0 Å². The Bertz CT molecular complexity index is 1360. The molecule has 0 unspecified atom stereocenters. The van der Waals surface area contributed by atoms with E-state index in [0.29, 0.717) is 25.6 Å². The zero-order valence-electron chi connectivity index (χ0n) is 25.1. The highest BCUT2D eigenvalue weighted by molar-refractivity contribution is 5.86. The first-order valence-corrected chi connectivity index (χ1v) is 15.2. The first-order chi connectivity index (χ1) is 20.2. The van der Waals surface area contributed by atoms with E-state index < -0.39 is 5.97 Å². The van der Waals surface area contributed by atoms with E-state index in [1.54, 1.807) is 12.1 Å². The molecular formula is C35H43FN2O4. The highest BCUT2D eigenvalue weighted by Gasteiger charge is 2.31. The Kier molecular flexibility index (Phi) is 9.47. The van der Waals surface area contributed by atoms with Crippen molar-refractivity contribution in [1.29, 1.82) is 0 Å². The van der Waals surface area contributed by atoms with Gasteiger partial charge in [0, 0.05) is 42.9 Å². The summed E-state index contributed by atoms with van der Waals surface area (Å²) in [5.74, 6) is 0.267. The number of pyridine rings is 1. The van der Waals surface area contributed by atoms with E-state index in [1.165, 1.54) is 31.4 Å². The van der Waals surface area contributed by atoms with Gasteiger partial charge in [-0.2, -0.15) is 0 Å². The molecule has 0 atom stereocenters. The molecule has 6 nitrogen and oxygen atoms in total. The van der Waals surface area contributed by atoms with Crippen LogP contribution in [-0.4, -0.2) is 42.4 Å². The number of hydrogen-bond acceptors (Lipinski definition) is 5. The number of piperidine rings is 1. The molecule has 0 bridgehead atoms. The van der Waals surface area contributed by atoms with E-state index >= 15 is 0 Å². The van der Waals surface area contributed by atoms with Gasteiger partial charge >= 0.3 is 5.97 Å². The molecule has 2 fully saturated rings. The minimum Gasteiger partial charge on any atom is -0.493 e. The Morgan fingerprint density at radius 3 is 2.38 bits per heavy atom. The molecule has 1 aliphatic carbocycles. The Morgan fingerprint density at radius 2 is 1.76 bits per heavy atom. The van der Waals surface area contributed by atoms with Crippen LogP contribution in [-0.2, 0) is 29.0 Å². The fourth-order valence-electron chi connectivity index (χ4n) is 5.88. The van der Waals surface area contributed by atoms with Crippen LogP contribution in [0.5, 0.6) is 5.75 Å². The topological polar surface area (TPSA) is 71.9 Å². The zero-order valence-corrected chi connectivity index (χ0v) is 25.1. The number of carboxylic acids is 1. The van der Waals surface area contributed by atoms with Crippen molar-refractivity contribution < 1.29 is 23.8 Å². The van der Waals surface area contributed by atoms with Gasteiger partial charge in [-0.15, -0.1) is 0 Å². The quantitative estimate of drug-likeness (QED) is 0.243. The Labute approximate surface area is 248 Å². The number of rotatable bonds is 12. The number of anilines is 1. The van der Waals surface area contributed by atoms with E-state index in [9.17, 15) is 14.3 Å². The van der Waals surface area contributed by atoms with Crippen molar-refractivity contribution in [1.82, 2.24) is 4.98 Å². The average Bonchev–Trinajstić information content (AvgIpc) is 2.93. The van der Waals surface area contributed by atoms with Gasteiger partial charge < -0.3 is 19.5 Å². The summed E-state index contributed by atoms with van der Waals surface area (Å²) in [7, 11) is 0. The third-order valence-corrected chi connectivity index (χ3v) is 8.84. The van der Waals surface area contributed by atoms with E-state index in [0.717, 1.165) is 77.6 Å². The molecule has 2 aliphatic rings. The predicted octanol–water partition coefficient (Wildman–Crippen LogP) is 7.39. The maximum atomic E-state index is 13.2. The van der Waals surface area contributed by atoms with Crippen molar-refractivity contribution in [3.05, 3.63) is 76.9 Å². The largest absolute Gasteiger partial charge is 0.493 e. The van der Waals surface area contributed by atoms with E-state index in [-0.39, 0.29) is 17.7 Å². The molecule has 2 heterocycles. The van der Waals surface area contributed by atoms with Crippen LogP contribution in [0.15, 0.2) is 48.5 Å². The van der Waals surface area contributed by atoms with Gasteiger partial charge in [0.1, 0.15) is 11.6 Å². The predicted molar refractivity (Wildman–Crippen MR) is 164 cm³/mol. The van der Waals surface area contributed by atoms with Gasteiger partial charge in [-0.1, -0.05) is 44.5 Å². The Hall–Kier alpha value is -3.45. The van der Waals surface area contributed by atoms with E-state index in [2.05, 4.69) is 18.7 Å². The standard InChI is InChI=1S/C35H43FN2O4/c1-24-30(21-32(39)40)34(38-18-16-35(2,3)17-19-38)33(31(37-24)23-41-22-26-5-4-6-26)27-9-13-29(14-10-27)42-20-15-25-7-11-28(36)12-8-25/h7-14,26H,4-6,15-23H2,1-3H3,(H,39,40). The first-order valence-electron chi connectivity index (χ1n) is 15.2. The van der Waals surface area contributed by atoms with Crippen molar-refractivity contribution >= 4 is 11.7 Å². The number of halogens is 1. The summed E-state index contributed by atoms with van der Waals surface area (Å²) in [6, 6.07) is 14.5. The average molecular weight is 575 g/mol.